The Morgan fingerprint density at radius 2 is 1.96 bits per heavy atom. The van der Waals surface area contributed by atoms with E-state index >= 15 is 0 Å². The molecule has 2 rings (SSSR count). The van der Waals surface area contributed by atoms with Gasteiger partial charge < -0.3 is 15.5 Å². The third-order valence-corrected chi connectivity index (χ3v) is 3.45. The number of nitrogens with two attached hydrogens (primary N) is 1. The van der Waals surface area contributed by atoms with Gasteiger partial charge in [-0.15, -0.1) is 0 Å². The van der Waals surface area contributed by atoms with Gasteiger partial charge in [0.15, 0.2) is 0 Å². The Hall–Kier alpha value is -2.75. The molecule has 0 unspecified atom stereocenters. The number of furan rings is 1. The number of nitrogens with zero attached hydrogens (tertiary/aromatic N) is 1. The highest BCUT2D eigenvalue weighted by Gasteiger charge is 2.02. The summed E-state index contributed by atoms with van der Waals surface area (Å²) in [5.74, 6) is 1.38. The van der Waals surface area contributed by atoms with Gasteiger partial charge in [0.1, 0.15) is 11.6 Å². The number of hydrogen-bond acceptors (Lipinski definition) is 3. The second kappa shape index (κ2) is 9.40. The fourth-order valence-corrected chi connectivity index (χ4v) is 2.21. The monoisotopic (exact) mass is 323 g/mol. The minimum Gasteiger partial charge on any atom is -0.463 e. The Morgan fingerprint density at radius 1 is 1.17 bits per heavy atom. The first-order valence-corrected chi connectivity index (χ1v) is 8.25. The van der Waals surface area contributed by atoms with Crippen molar-refractivity contribution in [3.63, 3.8) is 0 Å². The number of amidine groups is 1. The predicted octanol–water partition coefficient (Wildman–Crippen LogP) is 4.32. The topological polar surface area (TPSA) is 63.5 Å². The maximum Gasteiger partial charge on any atom is 0.149 e. The molecule has 1 aromatic carbocycles. The molecule has 126 valence electrons. The van der Waals surface area contributed by atoms with E-state index in [-0.39, 0.29) is 0 Å². The van der Waals surface area contributed by atoms with Crippen LogP contribution in [-0.4, -0.2) is 12.4 Å². The normalized spacial score (nSPS) is 13.2. The highest BCUT2D eigenvalue weighted by molar-refractivity contribution is 5.97. The number of nitrogens with one attached hydrogen (secondary N) is 1. The van der Waals surface area contributed by atoms with E-state index in [1.807, 2.05) is 55.5 Å². The van der Waals surface area contributed by atoms with Gasteiger partial charge in [0.2, 0.25) is 0 Å². The molecular formula is C20H25N3O. The van der Waals surface area contributed by atoms with Crippen LogP contribution in [0.4, 0.5) is 0 Å². The summed E-state index contributed by atoms with van der Waals surface area (Å²) in [5, 5.41) is 3.39. The molecule has 0 atom stereocenters. The fraction of sp³-hybridized carbons (Fsp3) is 0.250. The van der Waals surface area contributed by atoms with E-state index in [1.165, 1.54) is 0 Å². The molecule has 4 heteroatoms. The molecule has 0 aliphatic carbocycles. The average molecular weight is 323 g/mol. The van der Waals surface area contributed by atoms with Crippen molar-refractivity contribution in [3.05, 3.63) is 77.9 Å². The second-order valence-corrected chi connectivity index (χ2v) is 5.47. The third kappa shape index (κ3) is 5.47. The zero-order valence-electron chi connectivity index (χ0n) is 14.3. The molecular weight excluding hydrogens is 298 g/mol. The Kier molecular flexibility index (Phi) is 6.90. The zero-order valence-corrected chi connectivity index (χ0v) is 14.3. The Morgan fingerprint density at radius 3 is 2.62 bits per heavy atom. The second-order valence-electron chi connectivity index (χ2n) is 5.47. The lowest BCUT2D eigenvalue weighted by molar-refractivity contribution is 0.546. The lowest BCUT2D eigenvalue weighted by Crippen LogP contribution is -2.13. The van der Waals surface area contributed by atoms with Crippen molar-refractivity contribution in [2.75, 3.05) is 6.54 Å². The van der Waals surface area contributed by atoms with Gasteiger partial charge >= 0.3 is 0 Å². The number of allylic oxidation sites excluding steroid dienone is 3. The van der Waals surface area contributed by atoms with Gasteiger partial charge in [-0.05, 0) is 31.9 Å². The third-order valence-electron chi connectivity index (χ3n) is 3.45. The van der Waals surface area contributed by atoms with Crippen molar-refractivity contribution >= 4 is 11.5 Å². The summed E-state index contributed by atoms with van der Waals surface area (Å²) in [6.45, 7) is 5.00. The van der Waals surface area contributed by atoms with Crippen LogP contribution in [0, 0.1) is 0 Å². The van der Waals surface area contributed by atoms with Gasteiger partial charge in [-0.25, -0.2) is 4.99 Å². The first kappa shape index (κ1) is 17.6. The maximum atomic E-state index is 6.04. The van der Waals surface area contributed by atoms with Crippen LogP contribution in [0.25, 0.3) is 5.70 Å². The van der Waals surface area contributed by atoms with E-state index in [0.717, 1.165) is 42.1 Å². The smallest absolute Gasteiger partial charge is 0.149 e. The molecule has 0 fully saturated rings. The average Bonchev–Trinajstić information content (AvgIpc) is 3.13. The van der Waals surface area contributed by atoms with Crippen molar-refractivity contribution in [2.45, 2.75) is 26.7 Å². The summed E-state index contributed by atoms with van der Waals surface area (Å²) in [5.41, 5.74) is 8.86. The predicted molar refractivity (Wildman–Crippen MR) is 101 cm³/mol. The van der Waals surface area contributed by atoms with Gasteiger partial charge in [-0.1, -0.05) is 49.4 Å². The SMILES string of the molecule is CCCN/C(=C\C/C=C(/C)N=C(N)c1ccccc1)c1ccco1. The van der Waals surface area contributed by atoms with E-state index < -0.39 is 0 Å². The van der Waals surface area contributed by atoms with Crippen molar-refractivity contribution in [2.24, 2.45) is 10.7 Å². The Labute approximate surface area is 143 Å². The number of rotatable bonds is 8. The Bertz CT molecular complexity index is 698. The number of aliphatic imine (C=N–C) groups is 1. The molecule has 0 aliphatic heterocycles. The summed E-state index contributed by atoms with van der Waals surface area (Å²) in [6, 6.07) is 13.6. The van der Waals surface area contributed by atoms with Crippen LogP contribution in [-0.2, 0) is 0 Å². The van der Waals surface area contributed by atoms with Gasteiger partial charge in [-0.2, -0.15) is 0 Å². The minimum atomic E-state index is 0.531. The molecule has 0 aliphatic rings. The molecule has 2 aromatic rings. The molecule has 0 radical (unpaired) electrons. The molecule has 0 spiro atoms. The minimum absolute atomic E-state index is 0.531. The van der Waals surface area contributed by atoms with E-state index in [0.29, 0.717) is 5.84 Å². The molecule has 3 N–H and O–H groups in total. The van der Waals surface area contributed by atoms with Crippen molar-refractivity contribution < 1.29 is 4.42 Å². The zero-order chi connectivity index (χ0) is 17.2. The quantitative estimate of drug-likeness (QED) is 0.562. The maximum absolute atomic E-state index is 6.04. The molecule has 1 heterocycles. The standard InChI is InChI=1S/C20H25N3O/c1-3-14-22-18(19-13-8-15-24-19)12-7-9-16(2)23-20(21)17-10-5-4-6-11-17/h4-6,8-13,15,22H,3,7,14H2,1-2H3,(H2,21,23)/b16-9-,18-12-. The Balaban J connectivity index is 2.04. The lowest BCUT2D eigenvalue weighted by Gasteiger charge is -2.07. The summed E-state index contributed by atoms with van der Waals surface area (Å²) >= 11 is 0. The van der Waals surface area contributed by atoms with Crippen molar-refractivity contribution in [1.82, 2.24) is 5.32 Å². The van der Waals surface area contributed by atoms with Gasteiger partial charge in [0.05, 0.1) is 12.0 Å². The van der Waals surface area contributed by atoms with Crippen molar-refractivity contribution in [1.29, 1.82) is 0 Å². The van der Waals surface area contributed by atoms with Crippen LogP contribution >= 0.6 is 0 Å². The molecule has 0 saturated heterocycles. The highest BCUT2D eigenvalue weighted by atomic mass is 16.3. The van der Waals surface area contributed by atoms with Crippen LogP contribution < -0.4 is 11.1 Å². The first-order valence-electron chi connectivity index (χ1n) is 8.25. The summed E-state index contributed by atoms with van der Waals surface area (Å²) in [7, 11) is 0. The van der Waals surface area contributed by atoms with Gasteiger partial charge in [-0.3, -0.25) is 0 Å². The van der Waals surface area contributed by atoms with E-state index in [2.05, 4.69) is 23.3 Å². The van der Waals surface area contributed by atoms with E-state index in [4.69, 9.17) is 10.2 Å². The van der Waals surface area contributed by atoms with Crippen LogP contribution in [0.1, 0.15) is 38.0 Å². The van der Waals surface area contributed by atoms with Crippen LogP contribution in [0.5, 0.6) is 0 Å². The number of hydrogen-bond donors (Lipinski definition) is 2. The molecule has 24 heavy (non-hydrogen) atoms. The lowest BCUT2D eigenvalue weighted by atomic mass is 10.2. The first-order chi connectivity index (χ1) is 11.7. The summed E-state index contributed by atoms with van der Waals surface area (Å²) < 4.78 is 5.47. The number of benzene rings is 1. The largest absolute Gasteiger partial charge is 0.463 e. The van der Waals surface area contributed by atoms with Crippen LogP contribution in [0.3, 0.4) is 0 Å². The van der Waals surface area contributed by atoms with Crippen LogP contribution in [0.15, 0.2) is 76.0 Å². The molecule has 0 bridgehead atoms. The van der Waals surface area contributed by atoms with Gasteiger partial charge in [0, 0.05) is 17.8 Å². The molecule has 0 amide bonds. The summed E-state index contributed by atoms with van der Waals surface area (Å²) in [4.78, 5) is 4.45. The van der Waals surface area contributed by atoms with Gasteiger partial charge in [0.25, 0.3) is 0 Å². The van der Waals surface area contributed by atoms with E-state index in [1.54, 1.807) is 6.26 Å². The summed E-state index contributed by atoms with van der Waals surface area (Å²) in [6.07, 6.45) is 7.65. The fourth-order valence-electron chi connectivity index (χ4n) is 2.21. The molecule has 4 nitrogen and oxygen atoms in total. The van der Waals surface area contributed by atoms with Crippen molar-refractivity contribution in [3.8, 4) is 0 Å². The highest BCUT2D eigenvalue weighted by Crippen LogP contribution is 2.13. The molecule has 1 aromatic heterocycles. The molecule has 0 saturated carbocycles. The van der Waals surface area contributed by atoms with E-state index in [9.17, 15) is 0 Å². The van der Waals surface area contributed by atoms with Crippen LogP contribution in [0.2, 0.25) is 0 Å².